The predicted molar refractivity (Wildman–Crippen MR) is 100 cm³/mol. The monoisotopic (exact) mass is 418 g/mol. The fourth-order valence-corrected chi connectivity index (χ4v) is 4.89. The third-order valence-corrected chi connectivity index (χ3v) is 6.43. The lowest BCUT2D eigenvalue weighted by molar-refractivity contribution is -0.138. The number of nitrogens with zero attached hydrogens (tertiary/aromatic N) is 4. The number of aromatic nitrogens is 2. The number of rotatable bonds is 5. The molecule has 29 heavy (non-hydrogen) atoms. The lowest BCUT2D eigenvalue weighted by atomic mass is 10.1. The van der Waals surface area contributed by atoms with E-state index < -0.39 is 21.8 Å². The van der Waals surface area contributed by atoms with Crippen molar-refractivity contribution in [3.8, 4) is 11.4 Å². The van der Waals surface area contributed by atoms with E-state index in [0.29, 0.717) is 12.2 Å². The number of benzene rings is 1. The number of amides is 1. The zero-order valence-corrected chi connectivity index (χ0v) is 16.2. The second kappa shape index (κ2) is 7.74. The largest absolute Gasteiger partial charge is 0.451 e. The highest BCUT2D eigenvalue weighted by molar-refractivity contribution is 7.91. The first-order valence-electron chi connectivity index (χ1n) is 9.06. The van der Waals surface area contributed by atoms with Crippen molar-refractivity contribution in [2.75, 3.05) is 11.5 Å². The molecule has 1 atom stereocenters. The maximum absolute atomic E-state index is 12.3. The van der Waals surface area contributed by atoms with Crippen LogP contribution in [0, 0.1) is 0 Å². The normalized spacial score (nSPS) is 21.1. The van der Waals surface area contributed by atoms with Gasteiger partial charge in [0, 0.05) is 18.4 Å². The molecule has 2 aromatic rings. The van der Waals surface area contributed by atoms with Crippen LogP contribution in [0.1, 0.15) is 25.2 Å². The molecule has 11 heteroatoms. The molecule has 0 bridgehead atoms. The Morgan fingerprint density at radius 1 is 1.24 bits per heavy atom. The lowest BCUT2D eigenvalue weighted by Gasteiger charge is -2.27. The smallest absolute Gasteiger partial charge is 0.355 e. The van der Waals surface area contributed by atoms with Crippen molar-refractivity contribution in [2.45, 2.75) is 31.9 Å². The van der Waals surface area contributed by atoms with Gasteiger partial charge in [-0.3, -0.25) is 4.79 Å². The van der Waals surface area contributed by atoms with Gasteiger partial charge in [0.25, 0.3) is 5.89 Å². The number of carbonyl (C=O) groups is 2. The van der Waals surface area contributed by atoms with Crippen LogP contribution in [0.2, 0.25) is 0 Å². The fraction of sp³-hybridized carbons (Fsp3) is 0.389. The standard InChI is InChI=1S/C18H18N4O6S/c23-16-7-6-14(20-22(16)13-8-9-29(25,26)11-13)18(24)27-10-15-19-17(21-28-15)12-4-2-1-3-5-12/h1-5,13H,6-11H2/t13-/m1/s1. The second-order valence-electron chi connectivity index (χ2n) is 6.80. The number of hydrogen-bond acceptors (Lipinski definition) is 9. The molecular weight excluding hydrogens is 400 g/mol. The van der Waals surface area contributed by atoms with E-state index in [1.54, 1.807) is 0 Å². The van der Waals surface area contributed by atoms with Crippen LogP contribution < -0.4 is 0 Å². The van der Waals surface area contributed by atoms with Gasteiger partial charge in [0.15, 0.2) is 16.4 Å². The minimum atomic E-state index is -3.18. The Labute approximate surface area is 166 Å². The average Bonchev–Trinajstić information content (AvgIpc) is 3.33. The maximum Gasteiger partial charge on any atom is 0.355 e. The van der Waals surface area contributed by atoms with Gasteiger partial charge < -0.3 is 9.26 Å². The van der Waals surface area contributed by atoms with E-state index in [-0.39, 0.29) is 48.5 Å². The summed E-state index contributed by atoms with van der Waals surface area (Å²) in [6, 6.07) is 8.66. The summed E-state index contributed by atoms with van der Waals surface area (Å²) < 4.78 is 33.6. The first-order chi connectivity index (χ1) is 13.9. The van der Waals surface area contributed by atoms with Crippen molar-refractivity contribution < 1.29 is 27.3 Å². The molecule has 1 saturated heterocycles. The summed E-state index contributed by atoms with van der Waals surface area (Å²) in [7, 11) is -3.18. The Morgan fingerprint density at radius 3 is 2.76 bits per heavy atom. The number of carbonyl (C=O) groups excluding carboxylic acids is 2. The topological polar surface area (TPSA) is 132 Å². The SMILES string of the molecule is O=C(OCc1nc(-c2ccccc2)no1)C1=NN([C@@H]2CCS(=O)(=O)C2)C(=O)CC1. The molecule has 1 fully saturated rings. The van der Waals surface area contributed by atoms with Crippen molar-refractivity contribution >= 4 is 27.4 Å². The number of sulfone groups is 1. The Bertz CT molecular complexity index is 1060. The highest BCUT2D eigenvalue weighted by Gasteiger charge is 2.37. The second-order valence-corrected chi connectivity index (χ2v) is 9.02. The summed E-state index contributed by atoms with van der Waals surface area (Å²) in [6.07, 6.45) is 0.514. The Balaban J connectivity index is 1.40. The van der Waals surface area contributed by atoms with Gasteiger partial charge in [-0.05, 0) is 6.42 Å². The van der Waals surface area contributed by atoms with Gasteiger partial charge in [0.2, 0.25) is 11.7 Å². The molecule has 0 radical (unpaired) electrons. The van der Waals surface area contributed by atoms with Crippen LogP contribution in [-0.2, 0) is 30.8 Å². The van der Waals surface area contributed by atoms with Gasteiger partial charge in [-0.1, -0.05) is 35.5 Å². The molecule has 152 valence electrons. The van der Waals surface area contributed by atoms with E-state index in [9.17, 15) is 18.0 Å². The molecule has 1 aromatic heterocycles. The van der Waals surface area contributed by atoms with Crippen LogP contribution in [-0.4, -0.2) is 58.7 Å². The Kier molecular flexibility index (Phi) is 5.14. The third-order valence-electron chi connectivity index (χ3n) is 4.68. The number of hydrazone groups is 1. The average molecular weight is 418 g/mol. The molecule has 3 heterocycles. The summed E-state index contributed by atoms with van der Waals surface area (Å²) in [4.78, 5) is 28.6. The van der Waals surface area contributed by atoms with Crippen LogP contribution in [0.25, 0.3) is 11.4 Å². The summed E-state index contributed by atoms with van der Waals surface area (Å²) in [5, 5.41) is 9.03. The van der Waals surface area contributed by atoms with Gasteiger partial charge in [-0.15, -0.1) is 0 Å². The van der Waals surface area contributed by atoms with Crippen molar-refractivity contribution in [1.29, 1.82) is 0 Å². The zero-order chi connectivity index (χ0) is 20.4. The van der Waals surface area contributed by atoms with Crippen LogP contribution in [0.4, 0.5) is 0 Å². The molecule has 10 nitrogen and oxygen atoms in total. The molecule has 1 aromatic carbocycles. The summed E-state index contributed by atoms with van der Waals surface area (Å²) in [5.41, 5.74) is 0.836. The van der Waals surface area contributed by atoms with E-state index in [4.69, 9.17) is 9.26 Å². The number of hydrogen-bond donors (Lipinski definition) is 0. The summed E-state index contributed by atoms with van der Waals surface area (Å²) >= 11 is 0. The Hall–Kier alpha value is -3.08. The van der Waals surface area contributed by atoms with Gasteiger partial charge in [-0.25, -0.2) is 18.2 Å². The van der Waals surface area contributed by atoms with Gasteiger partial charge in [0.05, 0.1) is 17.5 Å². The minimum Gasteiger partial charge on any atom is -0.451 e. The first-order valence-corrected chi connectivity index (χ1v) is 10.9. The summed E-state index contributed by atoms with van der Waals surface area (Å²) in [5.74, 6) is -0.628. The van der Waals surface area contributed by atoms with E-state index in [1.807, 2.05) is 30.3 Å². The molecule has 0 saturated carbocycles. The number of esters is 1. The first kappa shape index (κ1) is 19.2. The van der Waals surface area contributed by atoms with Crippen molar-refractivity contribution in [3.63, 3.8) is 0 Å². The molecule has 0 aliphatic carbocycles. The van der Waals surface area contributed by atoms with Crippen LogP contribution >= 0.6 is 0 Å². The van der Waals surface area contributed by atoms with E-state index in [0.717, 1.165) is 10.6 Å². The van der Waals surface area contributed by atoms with Crippen LogP contribution in [0.3, 0.4) is 0 Å². The molecule has 0 N–H and O–H groups in total. The lowest BCUT2D eigenvalue weighted by Crippen LogP contribution is -2.42. The molecule has 4 rings (SSSR count). The zero-order valence-electron chi connectivity index (χ0n) is 15.4. The van der Waals surface area contributed by atoms with Crippen molar-refractivity contribution in [1.82, 2.24) is 15.1 Å². The van der Waals surface area contributed by atoms with Crippen molar-refractivity contribution in [3.05, 3.63) is 36.2 Å². The van der Waals surface area contributed by atoms with Gasteiger partial charge >= 0.3 is 5.97 Å². The third kappa shape index (κ3) is 4.34. The minimum absolute atomic E-state index is 0.0116. The molecule has 0 unspecified atom stereocenters. The van der Waals surface area contributed by atoms with Crippen LogP contribution in [0.5, 0.6) is 0 Å². The highest BCUT2D eigenvalue weighted by atomic mass is 32.2. The molecule has 1 amide bonds. The molecule has 2 aliphatic rings. The van der Waals surface area contributed by atoms with Gasteiger partial charge in [0.1, 0.15) is 5.71 Å². The Morgan fingerprint density at radius 2 is 2.03 bits per heavy atom. The van der Waals surface area contributed by atoms with Crippen LogP contribution in [0.15, 0.2) is 40.0 Å². The molecule has 2 aliphatic heterocycles. The van der Waals surface area contributed by atoms with E-state index >= 15 is 0 Å². The van der Waals surface area contributed by atoms with E-state index in [1.165, 1.54) is 0 Å². The van der Waals surface area contributed by atoms with E-state index in [2.05, 4.69) is 15.2 Å². The quantitative estimate of drug-likeness (QED) is 0.656. The van der Waals surface area contributed by atoms with Crippen molar-refractivity contribution in [2.24, 2.45) is 5.10 Å². The maximum atomic E-state index is 12.3. The fourth-order valence-electron chi connectivity index (χ4n) is 3.20. The van der Waals surface area contributed by atoms with Gasteiger partial charge in [-0.2, -0.15) is 10.1 Å². The molecular formula is C18H18N4O6S. The highest BCUT2D eigenvalue weighted by Crippen LogP contribution is 2.22. The number of ether oxygens (including phenoxy) is 1. The molecule has 0 spiro atoms. The summed E-state index contributed by atoms with van der Waals surface area (Å²) in [6.45, 7) is -0.233. The predicted octanol–water partition coefficient (Wildman–Crippen LogP) is 0.945.